The van der Waals surface area contributed by atoms with Gasteiger partial charge in [-0.3, -0.25) is 0 Å². The summed E-state index contributed by atoms with van der Waals surface area (Å²) in [7, 11) is 0. The Morgan fingerprint density at radius 2 is 2.00 bits per heavy atom. The maximum Gasteiger partial charge on any atom is -0.194 e. The van der Waals surface area contributed by atoms with Crippen molar-refractivity contribution < 1.29 is 27.1 Å². The van der Waals surface area contributed by atoms with Crippen molar-refractivity contribution in [2.75, 3.05) is 10.7 Å². The summed E-state index contributed by atoms with van der Waals surface area (Å²) in [5.41, 5.74) is 2.37. The standard InChI is InChI=1S/C17H12ClFN2OS.C2H5.W/c18-13-3-1-11(2-4-13)10-21-15-7-12(9-20)14(19)8-16(15)23-6-5-17(21)22;1-2;/h1-4,7-8H,5-6,10H2;1H2,2H3;/q;-1;. The van der Waals surface area contributed by atoms with Gasteiger partial charge in [0.15, 0.2) is 0 Å². The van der Waals surface area contributed by atoms with Gasteiger partial charge in [0.25, 0.3) is 0 Å². The summed E-state index contributed by atoms with van der Waals surface area (Å²) in [6, 6.07) is 10.8. The van der Waals surface area contributed by atoms with E-state index in [9.17, 15) is 9.18 Å². The number of hydrogen-bond donors (Lipinski definition) is 0. The minimum absolute atomic E-state index is 0.0613. The summed E-state index contributed by atoms with van der Waals surface area (Å²) in [5, 5.41) is 0.666. The van der Waals surface area contributed by atoms with E-state index in [1.807, 2.05) is 30.3 Å². The topological polar surface area (TPSA) is 32.7 Å². The number of rotatable bonds is 3. The first-order valence-corrected chi connectivity index (χ1v) is 12.2. The van der Waals surface area contributed by atoms with Crippen LogP contribution in [0.1, 0.15) is 24.5 Å². The third-order valence-corrected chi connectivity index (χ3v) is 7.28. The molecule has 26 heavy (non-hydrogen) atoms. The molecule has 0 atom stereocenters. The quantitative estimate of drug-likeness (QED) is 0.490. The molecule has 1 amide bonds. The molecule has 136 valence electrons. The van der Waals surface area contributed by atoms with Crippen molar-refractivity contribution in [2.45, 2.75) is 24.8 Å². The molecule has 0 spiro atoms. The molecule has 0 aliphatic carbocycles. The molecule has 0 unspecified atom stereocenters. The molecule has 3 nitrogen and oxygen atoms in total. The molecule has 0 fully saturated rings. The Bertz CT molecular complexity index is 911. The summed E-state index contributed by atoms with van der Waals surface area (Å²) in [6.45, 7) is 5.46. The molecule has 4 rings (SSSR count). The zero-order valence-electron chi connectivity index (χ0n) is 14.2. The molecule has 0 bridgehead atoms. The van der Waals surface area contributed by atoms with Gasteiger partial charge < -0.3 is 6.92 Å². The number of carbonyl (C=O) groups excluding carboxylic acids is 1. The van der Waals surface area contributed by atoms with E-state index in [-0.39, 0.29) is 11.7 Å². The summed E-state index contributed by atoms with van der Waals surface area (Å²) in [4.78, 5) is 15.2. The first-order chi connectivity index (χ1) is 12.6. The Hall–Kier alpha value is -1.16. The number of fused-ring (bicyclic) bond motifs is 1. The van der Waals surface area contributed by atoms with Crippen LogP contribution in [-0.4, -0.2) is 15.7 Å². The maximum atomic E-state index is 14.3. The molecule has 2 heterocycles. The molecule has 0 saturated carbocycles. The van der Waals surface area contributed by atoms with Gasteiger partial charge in [0.1, 0.15) is 0 Å². The Morgan fingerprint density at radius 3 is 2.65 bits per heavy atom. The molecule has 2 aromatic carbocycles. The van der Waals surface area contributed by atoms with Crippen LogP contribution in [-0.2, 0) is 29.3 Å². The molecule has 2 aliphatic rings. The normalized spacial score (nSPS) is 15.2. The SMILES string of the molecule is O=C1CCSc2cc(F)c([C]3=[W]=[N]3)cc2N1Cc1ccc(Cl)cc1.[CH2-]C. The average Bonchev–Trinajstić information content (AvgIpc) is 3.48. The summed E-state index contributed by atoms with van der Waals surface area (Å²) in [5.74, 6) is 0.503. The van der Waals surface area contributed by atoms with Gasteiger partial charge >= 0.3 is 156 Å². The van der Waals surface area contributed by atoms with E-state index in [2.05, 4.69) is 10.4 Å². The van der Waals surface area contributed by atoms with Gasteiger partial charge in [-0.15, -0.1) is 0 Å². The van der Waals surface area contributed by atoms with Gasteiger partial charge in [0.05, 0.1) is 0 Å². The minimum atomic E-state index is -0.819. The largest absolute Gasteiger partial charge is 0.346 e. The summed E-state index contributed by atoms with van der Waals surface area (Å²) in [6.07, 6.45) is 0.446. The van der Waals surface area contributed by atoms with Gasteiger partial charge in [-0.1, -0.05) is 0 Å². The third-order valence-electron chi connectivity index (χ3n) is 3.88. The zero-order chi connectivity index (χ0) is 18.7. The number of amides is 1. The van der Waals surface area contributed by atoms with E-state index in [1.165, 1.54) is 11.8 Å². The summed E-state index contributed by atoms with van der Waals surface area (Å²) < 4.78 is 19.5. The van der Waals surface area contributed by atoms with Crippen LogP contribution in [0.3, 0.4) is 0 Å². The van der Waals surface area contributed by atoms with Gasteiger partial charge in [-0.25, -0.2) is 0 Å². The molecule has 7 heteroatoms. The smallest absolute Gasteiger partial charge is 0.194 e. The molecule has 2 aromatic rings. The number of benzene rings is 2. The second kappa shape index (κ2) is 8.68. The van der Waals surface area contributed by atoms with Crippen molar-refractivity contribution in [3.8, 4) is 0 Å². The van der Waals surface area contributed by atoms with Crippen molar-refractivity contribution >= 4 is 39.0 Å². The monoisotopic (exact) mass is 559 g/mol. The van der Waals surface area contributed by atoms with Gasteiger partial charge in [-0.05, 0) is 0 Å². The predicted molar refractivity (Wildman–Crippen MR) is 102 cm³/mol. The number of hydrogen-bond acceptors (Lipinski definition) is 3. The van der Waals surface area contributed by atoms with Crippen molar-refractivity contribution in [3.05, 3.63) is 65.3 Å². The van der Waals surface area contributed by atoms with Crippen molar-refractivity contribution in [1.29, 1.82) is 0 Å². The van der Waals surface area contributed by atoms with Crippen LogP contribution in [0.15, 0.2) is 44.8 Å². The average molecular weight is 560 g/mol. The maximum absolute atomic E-state index is 14.3. The third kappa shape index (κ3) is 4.39. The van der Waals surface area contributed by atoms with Crippen LogP contribution in [0.5, 0.6) is 0 Å². The molecule has 0 aromatic heterocycles. The van der Waals surface area contributed by atoms with E-state index >= 15 is 0 Å². The van der Waals surface area contributed by atoms with E-state index < -0.39 is 17.9 Å². The van der Waals surface area contributed by atoms with Crippen molar-refractivity contribution in [2.24, 2.45) is 3.50 Å². The van der Waals surface area contributed by atoms with E-state index in [1.54, 1.807) is 17.9 Å². The number of carbonyl (C=O) groups is 1. The Morgan fingerprint density at radius 1 is 1.31 bits per heavy atom. The van der Waals surface area contributed by atoms with E-state index in [4.69, 9.17) is 11.6 Å². The molecular weight excluding hydrogens is 543 g/mol. The Labute approximate surface area is 169 Å². The summed E-state index contributed by atoms with van der Waals surface area (Å²) >= 11 is 6.65. The fourth-order valence-electron chi connectivity index (χ4n) is 2.62. The predicted octanol–water partition coefficient (Wildman–Crippen LogP) is 5.11. The molecule has 0 N–H and O–H groups in total. The van der Waals surface area contributed by atoms with Crippen LogP contribution in [0.25, 0.3) is 0 Å². The van der Waals surface area contributed by atoms with Crippen LogP contribution >= 0.6 is 23.4 Å². The van der Waals surface area contributed by atoms with Crippen LogP contribution in [0.4, 0.5) is 10.1 Å². The number of anilines is 1. The van der Waals surface area contributed by atoms with E-state index in [0.717, 1.165) is 20.2 Å². The number of halogens is 2. The van der Waals surface area contributed by atoms with Crippen molar-refractivity contribution in [3.63, 3.8) is 0 Å². The second-order valence-electron chi connectivity index (χ2n) is 5.49. The molecular formula is C19H17ClFN2OSW-. The minimum Gasteiger partial charge on any atom is -0.346 e. The van der Waals surface area contributed by atoms with Gasteiger partial charge in [0, 0.05) is 0 Å². The zero-order valence-corrected chi connectivity index (χ0v) is 18.7. The first-order valence-electron chi connectivity index (χ1n) is 8.09. The molecule has 0 saturated heterocycles. The number of thioether (sulfide) groups is 1. The van der Waals surface area contributed by atoms with Crippen LogP contribution in [0, 0.1) is 12.7 Å². The second-order valence-corrected chi connectivity index (χ2v) is 9.77. The van der Waals surface area contributed by atoms with Gasteiger partial charge in [-0.2, -0.15) is 6.92 Å². The molecule has 0 radical (unpaired) electrons. The van der Waals surface area contributed by atoms with Crippen LogP contribution < -0.4 is 4.90 Å². The van der Waals surface area contributed by atoms with Crippen molar-refractivity contribution in [1.82, 2.24) is 0 Å². The first kappa shape index (κ1) is 19.6. The Balaban J connectivity index is 0.000000948. The van der Waals surface area contributed by atoms with Gasteiger partial charge in [0.2, 0.25) is 0 Å². The fourth-order valence-corrected chi connectivity index (χ4v) is 5.18. The Kier molecular flexibility index (Phi) is 6.55. The molecule has 2 aliphatic heterocycles. The van der Waals surface area contributed by atoms with Crippen LogP contribution in [0.2, 0.25) is 5.02 Å². The fraction of sp³-hybridized carbons (Fsp3) is 0.211. The van der Waals surface area contributed by atoms with E-state index in [0.29, 0.717) is 29.3 Å². The number of nitrogens with zero attached hydrogens (tertiary/aromatic N) is 2.